The van der Waals surface area contributed by atoms with Gasteiger partial charge in [0.05, 0.1) is 35.3 Å². The van der Waals surface area contributed by atoms with E-state index in [0.29, 0.717) is 35.0 Å². The lowest BCUT2D eigenvalue weighted by molar-refractivity contribution is -0.142. The van der Waals surface area contributed by atoms with E-state index in [-0.39, 0.29) is 31.3 Å². The third kappa shape index (κ3) is 6.86. The zero-order valence-corrected chi connectivity index (χ0v) is 16.4. The number of hydrogen-bond donors (Lipinski definition) is 2. The van der Waals surface area contributed by atoms with Crippen molar-refractivity contribution in [2.45, 2.75) is 25.7 Å². The fourth-order valence-corrected chi connectivity index (χ4v) is 2.96. The van der Waals surface area contributed by atoms with E-state index in [9.17, 15) is 9.59 Å². The lowest BCUT2D eigenvalue weighted by Gasteiger charge is -2.14. The van der Waals surface area contributed by atoms with Crippen molar-refractivity contribution in [3.05, 3.63) is 58.1 Å². The van der Waals surface area contributed by atoms with Gasteiger partial charge in [-0.3, -0.25) is 9.59 Å². The summed E-state index contributed by atoms with van der Waals surface area (Å²) in [5.74, 6) is -0.320. The normalized spacial score (nSPS) is 10.5. The van der Waals surface area contributed by atoms with Gasteiger partial charge in [0.2, 0.25) is 0 Å². The lowest BCUT2D eigenvalue weighted by atomic mass is 10.1. The molecule has 0 unspecified atom stereocenters. The summed E-state index contributed by atoms with van der Waals surface area (Å²) in [6.07, 6.45) is 1.82. The summed E-state index contributed by atoms with van der Waals surface area (Å²) in [4.78, 5) is 23.2. The summed E-state index contributed by atoms with van der Waals surface area (Å²) in [6.45, 7) is 0.335. The molecule has 0 saturated heterocycles. The predicted molar refractivity (Wildman–Crippen MR) is 109 cm³/mol. The Hall–Kier alpha value is -2.08. The Morgan fingerprint density at radius 1 is 1.00 bits per heavy atom. The molecule has 0 heterocycles. The number of unbranched alkanes of at least 4 members (excludes halogenated alkanes) is 1. The molecule has 2 aromatic carbocycles. The van der Waals surface area contributed by atoms with E-state index in [1.165, 1.54) is 0 Å². The number of para-hydroxylation sites is 2. The maximum Gasteiger partial charge on any atom is 0.310 e. The molecule has 2 rings (SSSR count). The minimum atomic E-state index is -0.334. The molecule has 0 spiro atoms. The van der Waals surface area contributed by atoms with Crippen LogP contribution in [-0.2, 0) is 20.7 Å². The number of ketones is 1. The van der Waals surface area contributed by atoms with Crippen LogP contribution in [0.4, 0.5) is 11.4 Å². The Labute approximate surface area is 168 Å². The standard InChI is InChI=1S/C20H22Cl2N2O3/c21-16-8-5-9-17(22)20(16)24-18-10-2-1-6-14(18)12-19(26)27-11-4-3-7-15(25)13-23/h1-2,5-6,8-10,24H,3-4,7,11-13,23H2. The highest BCUT2D eigenvalue weighted by molar-refractivity contribution is 6.39. The molecule has 0 fully saturated rings. The minimum absolute atomic E-state index is 0.0135. The van der Waals surface area contributed by atoms with E-state index < -0.39 is 0 Å². The third-order valence-electron chi connectivity index (χ3n) is 3.92. The summed E-state index contributed by atoms with van der Waals surface area (Å²) < 4.78 is 5.25. The van der Waals surface area contributed by atoms with Gasteiger partial charge in [-0.05, 0) is 36.6 Å². The molecule has 2 aromatic rings. The van der Waals surface area contributed by atoms with Crippen LogP contribution in [0.5, 0.6) is 0 Å². The first-order valence-corrected chi connectivity index (χ1v) is 9.43. The van der Waals surface area contributed by atoms with E-state index >= 15 is 0 Å². The quantitative estimate of drug-likeness (QED) is 0.446. The molecule has 0 amide bonds. The van der Waals surface area contributed by atoms with E-state index in [2.05, 4.69) is 5.32 Å². The zero-order valence-electron chi connectivity index (χ0n) is 14.8. The van der Waals surface area contributed by atoms with Crippen molar-refractivity contribution in [2.75, 3.05) is 18.5 Å². The van der Waals surface area contributed by atoms with Gasteiger partial charge in [0.15, 0.2) is 0 Å². The number of carbonyl (C=O) groups is 2. The van der Waals surface area contributed by atoms with Gasteiger partial charge < -0.3 is 15.8 Å². The van der Waals surface area contributed by atoms with Gasteiger partial charge in [-0.15, -0.1) is 0 Å². The van der Waals surface area contributed by atoms with Crippen LogP contribution >= 0.6 is 23.2 Å². The van der Waals surface area contributed by atoms with Crippen LogP contribution in [0.25, 0.3) is 0 Å². The van der Waals surface area contributed by atoms with Crippen molar-refractivity contribution in [2.24, 2.45) is 5.73 Å². The SMILES string of the molecule is NCC(=O)CCCCOC(=O)Cc1ccccc1Nc1c(Cl)cccc1Cl. The molecule has 3 N–H and O–H groups in total. The summed E-state index contributed by atoms with van der Waals surface area (Å²) >= 11 is 12.4. The Kier molecular flexibility index (Phi) is 8.58. The first-order chi connectivity index (χ1) is 13.0. The molecule has 0 atom stereocenters. The summed E-state index contributed by atoms with van der Waals surface area (Å²) in [7, 11) is 0. The van der Waals surface area contributed by atoms with E-state index in [1.54, 1.807) is 18.2 Å². The molecule has 0 saturated carbocycles. The van der Waals surface area contributed by atoms with E-state index in [4.69, 9.17) is 33.7 Å². The molecule has 0 aliphatic carbocycles. The number of rotatable bonds is 10. The maximum atomic E-state index is 12.1. The topological polar surface area (TPSA) is 81.4 Å². The highest BCUT2D eigenvalue weighted by Crippen LogP contribution is 2.33. The van der Waals surface area contributed by atoms with Crippen molar-refractivity contribution in [1.29, 1.82) is 0 Å². The summed E-state index contributed by atoms with van der Waals surface area (Å²) in [5.41, 5.74) is 7.35. The molecule has 0 aromatic heterocycles. The number of ether oxygens (including phenoxy) is 1. The largest absolute Gasteiger partial charge is 0.465 e. The number of carbonyl (C=O) groups excluding carboxylic acids is 2. The van der Waals surface area contributed by atoms with Crippen LogP contribution < -0.4 is 11.1 Å². The van der Waals surface area contributed by atoms with Gasteiger partial charge in [-0.1, -0.05) is 47.5 Å². The number of nitrogens with two attached hydrogens (primary N) is 1. The average molecular weight is 409 g/mol. The van der Waals surface area contributed by atoms with Crippen molar-refractivity contribution < 1.29 is 14.3 Å². The Morgan fingerprint density at radius 3 is 2.41 bits per heavy atom. The van der Waals surface area contributed by atoms with Crippen molar-refractivity contribution in [1.82, 2.24) is 0 Å². The summed E-state index contributed by atoms with van der Waals surface area (Å²) in [5, 5.41) is 4.17. The fourth-order valence-electron chi connectivity index (χ4n) is 2.47. The Bertz CT molecular complexity index is 776. The average Bonchev–Trinajstić information content (AvgIpc) is 2.65. The van der Waals surface area contributed by atoms with Crippen LogP contribution in [0.2, 0.25) is 10.0 Å². The van der Waals surface area contributed by atoms with E-state index in [0.717, 1.165) is 11.3 Å². The third-order valence-corrected chi connectivity index (χ3v) is 4.55. The maximum absolute atomic E-state index is 12.1. The highest BCUT2D eigenvalue weighted by Gasteiger charge is 2.12. The molecule has 27 heavy (non-hydrogen) atoms. The molecule has 7 heteroatoms. The first kappa shape index (κ1) is 21.2. The summed E-state index contributed by atoms with van der Waals surface area (Å²) in [6, 6.07) is 12.6. The van der Waals surface area contributed by atoms with Gasteiger partial charge in [0, 0.05) is 12.1 Å². The molecule has 0 radical (unpaired) electrons. The van der Waals surface area contributed by atoms with Crippen LogP contribution in [0.15, 0.2) is 42.5 Å². The van der Waals surface area contributed by atoms with Crippen LogP contribution in [0, 0.1) is 0 Å². The van der Waals surface area contributed by atoms with Crippen molar-refractivity contribution in [3.8, 4) is 0 Å². The Balaban J connectivity index is 1.92. The van der Waals surface area contributed by atoms with Gasteiger partial charge >= 0.3 is 5.97 Å². The number of nitrogens with one attached hydrogen (secondary N) is 1. The van der Waals surface area contributed by atoms with Crippen molar-refractivity contribution in [3.63, 3.8) is 0 Å². The van der Waals surface area contributed by atoms with E-state index in [1.807, 2.05) is 24.3 Å². The van der Waals surface area contributed by atoms with Gasteiger partial charge in [-0.25, -0.2) is 0 Å². The first-order valence-electron chi connectivity index (χ1n) is 8.67. The molecule has 0 bridgehead atoms. The smallest absolute Gasteiger partial charge is 0.310 e. The number of halogens is 2. The monoisotopic (exact) mass is 408 g/mol. The second-order valence-electron chi connectivity index (χ2n) is 5.98. The van der Waals surface area contributed by atoms with Crippen LogP contribution in [0.1, 0.15) is 24.8 Å². The van der Waals surface area contributed by atoms with Gasteiger partial charge in [0.25, 0.3) is 0 Å². The number of benzene rings is 2. The predicted octanol–water partition coefficient (Wildman–Crippen LogP) is 4.52. The van der Waals surface area contributed by atoms with Crippen molar-refractivity contribution >= 4 is 46.3 Å². The molecule has 0 aliphatic rings. The van der Waals surface area contributed by atoms with Crippen LogP contribution in [0.3, 0.4) is 0 Å². The highest BCUT2D eigenvalue weighted by atomic mass is 35.5. The van der Waals surface area contributed by atoms with Gasteiger partial charge in [-0.2, -0.15) is 0 Å². The minimum Gasteiger partial charge on any atom is -0.465 e. The molecular formula is C20H22Cl2N2O3. The second kappa shape index (κ2) is 10.9. The number of Topliss-reactive ketones (excluding diaryl/α,β-unsaturated/α-hetero) is 1. The van der Waals surface area contributed by atoms with Gasteiger partial charge in [0.1, 0.15) is 5.78 Å². The molecule has 5 nitrogen and oxygen atoms in total. The fraction of sp³-hybridized carbons (Fsp3) is 0.300. The molecule has 0 aliphatic heterocycles. The Morgan fingerprint density at radius 2 is 1.70 bits per heavy atom. The molecule has 144 valence electrons. The van der Waals surface area contributed by atoms with Crippen LogP contribution in [-0.4, -0.2) is 24.9 Å². The number of esters is 1. The zero-order chi connectivity index (χ0) is 19.6. The number of anilines is 2. The lowest BCUT2D eigenvalue weighted by Crippen LogP contribution is -2.14. The number of hydrogen-bond acceptors (Lipinski definition) is 5. The molecular weight excluding hydrogens is 387 g/mol. The second-order valence-corrected chi connectivity index (χ2v) is 6.79.